The number of rotatable bonds is 5. The Morgan fingerprint density at radius 3 is 2.72 bits per heavy atom. The molecule has 0 unspecified atom stereocenters. The van der Waals surface area contributed by atoms with E-state index in [2.05, 4.69) is 55.7 Å². The maximum atomic E-state index is 12.0. The molecular formula is C24H25N5OS2. The minimum Gasteiger partial charge on any atom is -0.307 e. The predicted molar refractivity (Wildman–Crippen MR) is 134 cm³/mol. The molecule has 0 saturated carbocycles. The van der Waals surface area contributed by atoms with Gasteiger partial charge in [-0.3, -0.25) is 14.1 Å². The number of thioether (sulfide) groups is 1. The zero-order valence-corrected chi connectivity index (χ0v) is 19.6. The van der Waals surface area contributed by atoms with Gasteiger partial charge in [-0.2, -0.15) is 0 Å². The largest absolute Gasteiger partial charge is 0.307 e. The van der Waals surface area contributed by atoms with Gasteiger partial charge in [-0.15, -0.1) is 0 Å². The first-order valence-corrected chi connectivity index (χ1v) is 12.1. The normalized spacial score (nSPS) is 19.2. The highest BCUT2D eigenvalue weighted by Crippen LogP contribution is 2.27. The molecule has 8 heteroatoms. The number of aromatic nitrogens is 2. The van der Waals surface area contributed by atoms with Crippen LogP contribution in [0.15, 0.2) is 53.7 Å². The zero-order valence-electron chi connectivity index (χ0n) is 18.0. The molecule has 3 aromatic rings. The molecule has 2 aliphatic rings. The van der Waals surface area contributed by atoms with Gasteiger partial charge in [0.05, 0.1) is 16.8 Å². The van der Waals surface area contributed by atoms with Crippen LogP contribution >= 0.6 is 24.0 Å². The fourth-order valence-corrected chi connectivity index (χ4v) is 5.26. The van der Waals surface area contributed by atoms with Crippen LogP contribution in [0.2, 0.25) is 0 Å². The average molecular weight is 464 g/mol. The van der Waals surface area contributed by atoms with Gasteiger partial charge in [0.2, 0.25) is 0 Å². The van der Waals surface area contributed by atoms with Crippen LogP contribution in [0.3, 0.4) is 0 Å². The van der Waals surface area contributed by atoms with Gasteiger partial charge >= 0.3 is 0 Å². The number of nitrogens with zero attached hydrogens (tertiary/aromatic N) is 4. The number of thiocarbonyl (C=S) groups is 1. The van der Waals surface area contributed by atoms with Crippen LogP contribution in [0.5, 0.6) is 0 Å². The van der Waals surface area contributed by atoms with Gasteiger partial charge in [-0.05, 0) is 41.9 Å². The summed E-state index contributed by atoms with van der Waals surface area (Å²) in [5.74, 6) is -0.140. The van der Waals surface area contributed by atoms with Crippen molar-refractivity contribution in [2.75, 3.05) is 32.7 Å². The second-order valence-corrected chi connectivity index (χ2v) is 9.82. The molecule has 2 saturated heterocycles. The molecule has 4 heterocycles. The summed E-state index contributed by atoms with van der Waals surface area (Å²) in [7, 11) is 0. The molecular weight excluding hydrogens is 438 g/mol. The summed E-state index contributed by atoms with van der Waals surface area (Å²) in [5.41, 5.74) is 5.30. The van der Waals surface area contributed by atoms with E-state index in [1.807, 2.05) is 30.6 Å². The molecule has 0 aliphatic carbocycles. The number of likely N-dealkylation sites (N-methyl/N-ethyl adjacent to an activating group) is 1. The number of carbonyl (C=O) groups excluding carboxylic acids is 1. The lowest BCUT2D eigenvalue weighted by molar-refractivity contribution is -0.115. The van der Waals surface area contributed by atoms with Crippen molar-refractivity contribution in [3.8, 4) is 11.3 Å². The number of carbonyl (C=O) groups is 1. The van der Waals surface area contributed by atoms with Gasteiger partial charge in [0.1, 0.15) is 9.97 Å². The number of benzene rings is 1. The average Bonchev–Trinajstić information content (AvgIpc) is 3.36. The van der Waals surface area contributed by atoms with Crippen molar-refractivity contribution >= 4 is 45.9 Å². The molecule has 0 radical (unpaired) electrons. The SMILES string of the molecule is CCN1CCN(Cc2cccc(-c3cnc4ccc(C=C5SC(=S)NC5=O)cn34)c2)CC1. The van der Waals surface area contributed by atoms with E-state index >= 15 is 0 Å². The quantitative estimate of drug-likeness (QED) is 0.461. The van der Waals surface area contributed by atoms with Gasteiger partial charge in [0.15, 0.2) is 0 Å². The van der Waals surface area contributed by atoms with E-state index < -0.39 is 0 Å². The van der Waals surface area contributed by atoms with Crippen molar-refractivity contribution in [3.63, 3.8) is 0 Å². The Morgan fingerprint density at radius 2 is 1.97 bits per heavy atom. The highest BCUT2D eigenvalue weighted by atomic mass is 32.2. The fraction of sp³-hybridized carbons (Fsp3) is 0.292. The topological polar surface area (TPSA) is 52.9 Å². The first-order valence-electron chi connectivity index (χ1n) is 10.8. The number of piperazine rings is 1. The lowest BCUT2D eigenvalue weighted by atomic mass is 10.1. The monoisotopic (exact) mass is 463 g/mol. The van der Waals surface area contributed by atoms with Crippen LogP contribution in [0, 0.1) is 0 Å². The molecule has 2 fully saturated rings. The zero-order chi connectivity index (χ0) is 22.1. The number of amides is 1. The van der Waals surface area contributed by atoms with Gasteiger partial charge in [0, 0.05) is 44.5 Å². The first-order chi connectivity index (χ1) is 15.6. The summed E-state index contributed by atoms with van der Waals surface area (Å²) in [6, 6.07) is 12.7. The molecule has 1 aromatic carbocycles. The van der Waals surface area contributed by atoms with Crippen molar-refractivity contribution in [1.29, 1.82) is 0 Å². The number of pyridine rings is 1. The Hall–Kier alpha value is -2.52. The van der Waals surface area contributed by atoms with Crippen LogP contribution in [-0.2, 0) is 11.3 Å². The summed E-state index contributed by atoms with van der Waals surface area (Å²) in [5, 5.41) is 2.66. The highest BCUT2D eigenvalue weighted by Gasteiger charge is 2.22. The second kappa shape index (κ2) is 9.15. The molecule has 32 heavy (non-hydrogen) atoms. The van der Waals surface area contributed by atoms with Gasteiger partial charge in [0.25, 0.3) is 5.91 Å². The first kappa shape index (κ1) is 21.3. The molecule has 2 aromatic heterocycles. The Labute approximate surface area is 197 Å². The third-order valence-electron chi connectivity index (χ3n) is 6.01. The number of nitrogens with one attached hydrogen (secondary N) is 1. The second-order valence-electron chi connectivity index (χ2n) is 8.10. The van der Waals surface area contributed by atoms with Crippen LogP contribution in [0.4, 0.5) is 0 Å². The molecule has 164 valence electrons. The summed E-state index contributed by atoms with van der Waals surface area (Å²) in [6.45, 7) is 8.83. The summed E-state index contributed by atoms with van der Waals surface area (Å²) in [6.07, 6.45) is 5.81. The third kappa shape index (κ3) is 4.49. The summed E-state index contributed by atoms with van der Waals surface area (Å²) in [4.78, 5) is 22.2. The van der Waals surface area contributed by atoms with Crippen molar-refractivity contribution in [1.82, 2.24) is 24.5 Å². The summed E-state index contributed by atoms with van der Waals surface area (Å²) < 4.78 is 2.58. The van der Waals surface area contributed by atoms with Crippen molar-refractivity contribution in [2.45, 2.75) is 13.5 Å². The van der Waals surface area contributed by atoms with E-state index in [1.54, 1.807) is 0 Å². The molecule has 0 atom stereocenters. The van der Waals surface area contributed by atoms with Crippen LogP contribution in [-0.4, -0.2) is 62.1 Å². The van der Waals surface area contributed by atoms with Crippen molar-refractivity contribution in [2.24, 2.45) is 0 Å². The Kier molecular flexibility index (Phi) is 6.10. The van der Waals surface area contributed by atoms with E-state index in [9.17, 15) is 4.79 Å². The van der Waals surface area contributed by atoms with Crippen molar-refractivity contribution < 1.29 is 4.79 Å². The molecule has 1 N–H and O–H groups in total. The molecule has 2 aliphatic heterocycles. The number of imidazole rings is 1. The standard InChI is InChI=1S/C24H25N5OS2/c1-2-27-8-10-28(11-9-27)15-17-4-3-5-19(12-17)20-14-25-22-7-6-18(16-29(20)22)13-21-23(30)26-24(31)32-21/h3-7,12-14,16H,2,8-11,15H2,1H3,(H,26,30,31). The Bertz CT molecular complexity index is 1210. The van der Waals surface area contributed by atoms with Gasteiger partial charge in [-0.1, -0.05) is 49.1 Å². The smallest absolute Gasteiger partial charge is 0.263 e. The van der Waals surface area contributed by atoms with E-state index in [-0.39, 0.29) is 5.91 Å². The van der Waals surface area contributed by atoms with E-state index in [0.717, 1.165) is 61.7 Å². The van der Waals surface area contributed by atoms with Crippen molar-refractivity contribution in [3.05, 3.63) is 64.8 Å². The van der Waals surface area contributed by atoms with Crippen LogP contribution in [0.1, 0.15) is 18.1 Å². The molecule has 6 nitrogen and oxygen atoms in total. The highest BCUT2D eigenvalue weighted by molar-refractivity contribution is 8.26. The molecule has 0 bridgehead atoms. The fourth-order valence-electron chi connectivity index (χ4n) is 4.22. The Balaban J connectivity index is 1.40. The Morgan fingerprint density at radius 1 is 1.16 bits per heavy atom. The van der Waals surface area contributed by atoms with Crippen LogP contribution < -0.4 is 5.32 Å². The lowest BCUT2D eigenvalue weighted by Gasteiger charge is -2.34. The lowest BCUT2D eigenvalue weighted by Crippen LogP contribution is -2.45. The predicted octanol–water partition coefficient (Wildman–Crippen LogP) is 3.63. The minimum atomic E-state index is -0.140. The number of hydrogen-bond acceptors (Lipinski definition) is 6. The van der Waals surface area contributed by atoms with E-state index in [4.69, 9.17) is 12.2 Å². The molecule has 0 spiro atoms. The van der Waals surface area contributed by atoms with Gasteiger partial charge in [-0.25, -0.2) is 4.98 Å². The van der Waals surface area contributed by atoms with Crippen LogP contribution in [0.25, 0.3) is 23.0 Å². The number of hydrogen-bond donors (Lipinski definition) is 1. The maximum Gasteiger partial charge on any atom is 0.263 e. The van der Waals surface area contributed by atoms with Gasteiger partial charge < -0.3 is 10.2 Å². The maximum absolute atomic E-state index is 12.0. The van der Waals surface area contributed by atoms with E-state index in [0.29, 0.717) is 9.23 Å². The minimum absolute atomic E-state index is 0.140. The molecule has 1 amide bonds. The third-order valence-corrected chi connectivity index (χ3v) is 7.17. The van der Waals surface area contributed by atoms with E-state index in [1.165, 1.54) is 17.3 Å². The number of fused-ring (bicyclic) bond motifs is 1. The summed E-state index contributed by atoms with van der Waals surface area (Å²) >= 11 is 6.38. The molecule has 5 rings (SSSR count).